The van der Waals surface area contributed by atoms with Crippen LogP contribution in [0.1, 0.15) is 0 Å². The van der Waals surface area contributed by atoms with Gasteiger partial charge in [0.15, 0.2) is 5.58 Å². The predicted molar refractivity (Wildman–Crippen MR) is 221 cm³/mol. The highest BCUT2D eigenvalue weighted by Crippen LogP contribution is 2.48. The molecule has 0 aliphatic rings. The fourth-order valence-corrected chi connectivity index (χ4v) is 8.61. The van der Waals surface area contributed by atoms with E-state index in [1.54, 1.807) is 0 Å². The second-order valence-electron chi connectivity index (χ2n) is 12.9. The van der Waals surface area contributed by atoms with Gasteiger partial charge in [0.25, 0.3) is 0 Å². The molecule has 0 bridgehead atoms. The highest BCUT2D eigenvalue weighted by atomic mass is 32.1. The van der Waals surface area contributed by atoms with Gasteiger partial charge in [0.1, 0.15) is 5.58 Å². The first kappa shape index (κ1) is 30.2. The lowest BCUT2D eigenvalue weighted by molar-refractivity contribution is 0.669. The summed E-state index contributed by atoms with van der Waals surface area (Å²) in [6.45, 7) is 0. The van der Waals surface area contributed by atoms with Crippen molar-refractivity contribution >= 4 is 87.6 Å². The van der Waals surface area contributed by atoms with Gasteiger partial charge >= 0.3 is 0 Å². The maximum atomic E-state index is 6.89. The van der Waals surface area contributed by atoms with Crippen molar-refractivity contribution in [1.82, 2.24) is 0 Å². The molecule has 0 amide bonds. The normalized spacial score (nSPS) is 11.5. The largest absolute Gasteiger partial charge is 0.454 e. The van der Waals surface area contributed by atoms with E-state index in [0.717, 1.165) is 56.1 Å². The van der Waals surface area contributed by atoms with Gasteiger partial charge in [-0.25, -0.2) is 0 Å². The molecule has 4 heteroatoms. The Morgan fingerprint density at radius 3 is 1.65 bits per heavy atom. The van der Waals surface area contributed by atoms with E-state index in [1.807, 2.05) is 11.3 Å². The molecule has 0 spiro atoms. The Morgan fingerprint density at radius 2 is 0.904 bits per heavy atom. The summed E-state index contributed by atoms with van der Waals surface area (Å²) in [5.41, 5.74) is 10.4. The summed E-state index contributed by atoms with van der Waals surface area (Å²) in [4.78, 5) is 4.66. The van der Waals surface area contributed by atoms with E-state index in [2.05, 4.69) is 204 Å². The highest BCUT2D eigenvalue weighted by Gasteiger charge is 2.23. The number of anilines is 6. The number of hydrogen-bond acceptors (Lipinski definition) is 4. The molecule has 0 unspecified atom stereocenters. The topological polar surface area (TPSA) is 19.6 Å². The number of fused-ring (bicyclic) bond motifs is 6. The molecule has 10 aromatic rings. The molecule has 0 radical (unpaired) electrons. The van der Waals surface area contributed by atoms with Gasteiger partial charge in [-0.05, 0) is 83.9 Å². The van der Waals surface area contributed by atoms with Crippen LogP contribution in [0, 0.1) is 0 Å². The Kier molecular flexibility index (Phi) is 7.33. The molecular weight excluding hydrogens is 653 g/mol. The molecule has 2 heterocycles. The first-order valence-electron chi connectivity index (χ1n) is 17.5. The Hall–Kier alpha value is -6.62. The zero-order valence-electron chi connectivity index (χ0n) is 28.2. The monoisotopic (exact) mass is 684 g/mol. The first-order valence-corrected chi connectivity index (χ1v) is 18.3. The lowest BCUT2D eigenvalue weighted by Crippen LogP contribution is -2.10. The number of nitrogens with zero attached hydrogens (tertiary/aromatic N) is 2. The zero-order chi connectivity index (χ0) is 34.4. The summed E-state index contributed by atoms with van der Waals surface area (Å²) in [6.07, 6.45) is 0. The van der Waals surface area contributed by atoms with E-state index < -0.39 is 0 Å². The second kappa shape index (κ2) is 12.6. The van der Waals surface area contributed by atoms with Crippen LogP contribution in [0.25, 0.3) is 53.2 Å². The van der Waals surface area contributed by atoms with E-state index in [1.165, 1.54) is 31.3 Å². The minimum absolute atomic E-state index is 0.842. The maximum absolute atomic E-state index is 6.89. The van der Waals surface area contributed by atoms with Crippen molar-refractivity contribution in [1.29, 1.82) is 0 Å². The summed E-state index contributed by atoms with van der Waals surface area (Å²) in [6, 6.07) is 68.9. The number of furan rings is 1. The third-order valence-corrected chi connectivity index (χ3v) is 11.0. The minimum atomic E-state index is 0.842. The molecule has 0 saturated heterocycles. The van der Waals surface area contributed by atoms with Crippen LogP contribution in [0.4, 0.5) is 34.1 Å². The molecule has 2 aromatic heterocycles. The van der Waals surface area contributed by atoms with Crippen LogP contribution in [0.2, 0.25) is 0 Å². The molecule has 0 atom stereocenters. The quantitative estimate of drug-likeness (QED) is 0.167. The van der Waals surface area contributed by atoms with Crippen LogP contribution in [0.3, 0.4) is 0 Å². The Labute approximate surface area is 305 Å². The molecule has 10 rings (SSSR count). The lowest BCUT2D eigenvalue weighted by atomic mass is 10.0. The van der Waals surface area contributed by atoms with Crippen molar-refractivity contribution in [2.75, 3.05) is 9.80 Å². The summed E-state index contributed by atoms with van der Waals surface area (Å²) in [7, 11) is 0. The van der Waals surface area contributed by atoms with Gasteiger partial charge in [0.2, 0.25) is 0 Å². The van der Waals surface area contributed by atoms with Gasteiger partial charge in [0.05, 0.1) is 16.8 Å². The van der Waals surface area contributed by atoms with Gasteiger partial charge in [-0.1, -0.05) is 121 Å². The molecule has 0 aliphatic carbocycles. The minimum Gasteiger partial charge on any atom is -0.454 e. The summed E-state index contributed by atoms with van der Waals surface area (Å²) in [5, 5.41) is 4.71. The third-order valence-electron chi connectivity index (χ3n) is 9.84. The zero-order valence-corrected chi connectivity index (χ0v) is 29.0. The number of rotatable bonds is 7. The van der Waals surface area contributed by atoms with E-state index in [-0.39, 0.29) is 0 Å². The van der Waals surface area contributed by atoms with Crippen molar-refractivity contribution < 1.29 is 4.42 Å². The van der Waals surface area contributed by atoms with Gasteiger partial charge in [-0.3, -0.25) is 0 Å². The van der Waals surface area contributed by atoms with Gasteiger partial charge in [0, 0.05) is 48.3 Å². The first-order chi connectivity index (χ1) is 25.8. The van der Waals surface area contributed by atoms with Crippen LogP contribution < -0.4 is 9.80 Å². The van der Waals surface area contributed by atoms with Gasteiger partial charge in [-0.2, -0.15) is 0 Å². The second-order valence-corrected chi connectivity index (χ2v) is 14.0. The molecule has 8 aromatic carbocycles. The number of benzene rings is 8. The van der Waals surface area contributed by atoms with E-state index >= 15 is 0 Å². The Bertz CT molecular complexity index is 2800. The fraction of sp³-hybridized carbons (Fsp3) is 0. The lowest BCUT2D eigenvalue weighted by Gasteiger charge is -2.27. The average Bonchev–Trinajstić information content (AvgIpc) is 3.79. The van der Waals surface area contributed by atoms with E-state index in [4.69, 9.17) is 4.42 Å². The number of para-hydroxylation sites is 3. The van der Waals surface area contributed by atoms with Crippen LogP contribution >= 0.6 is 11.3 Å². The molecular formula is C48H32N2OS. The van der Waals surface area contributed by atoms with Crippen LogP contribution in [-0.2, 0) is 0 Å². The Balaban J connectivity index is 1.20. The molecule has 3 nitrogen and oxygen atoms in total. The summed E-state index contributed by atoms with van der Waals surface area (Å²) < 4.78 is 9.45. The standard InChI is InChI=1S/C48H32N2OS/c1-4-14-33(15-5-1)34-26-28-37(29-27-34)50(38-30-31-40-39-20-10-11-25-45(39)52-46(40)32-38)42-22-13-24-44-47(42)41-21-12-23-43(48(41)51-44)49(35-16-6-2-7-17-35)36-18-8-3-9-19-36/h1-32H. The molecule has 0 N–H and O–H groups in total. The predicted octanol–water partition coefficient (Wildman–Crippen LogP) is 14.6. The number of hydrogen-bond donors (Lipinski definition) is 0. The van der Waals surface area contributed by atoms with E-state index in [0.29, 0.717) is 0 Å². The summed E-state index contributed by atoms with van der Waals surface area (Å²) in [5.74, 6) is 0. The van der Waals surface area contributed by atoms with Crippen molar-refractivity contribution in [3.63, 3.8) is 0 Å². The average molecular weight is 685 g/mol. The molecule has 246 valence electrons. The fourth-order valence-electron chi connectivity index (χ4n) is 7.47. The van der Waals surface area contributed by atoms with Crippen molar-refractivity contribution in [2.24, 2.45) is 0 Å². The Morgan fingerprint density at radius 1 is 0.365 bits per heavy atom. The smallest absolute Gasteiger partial charge is 0.159 e. The van der Waals surface area contributed by atoms with Gasteiger partial charge < -0.3 is 14.2 Å². The highest BCUT2D eigenvalue weighted by molar-refractivity contribution is 7.25. The van der Waals surface area contributed by atoms with Crippen LogP contribution in [-0.4, -0.2) is 0 Å². The number of thiophene rings is 1. The van der Waals surface area contributed by atoms with Crippen molar-refractivity contribution in [3.8, 4) is 11.1 Å². The maximum Gasteiger partial charge on any atom is 0.159 e. The third kappa shape index (κ3) is 5.12. The molecule has 0 aliphatic heterocycles. The van der Waals surface area contributed by atoms with Crippen LogP contribution in [0.15, 0.2) is 199 Å². The van der Waals surface area contributed by atoms with Crippen molar-refractivity contribution in [3.05, 3.63) is 194 Å². The molecule has 0 fully saturated rings. The molecule has 0 saturated carbocycles. The SMILES string of the molecule is c1ccc(-c2ccc(N(c3ccc4c(c3)sc3ccccc34)c3cccc4oc5c(N(c6ccccc6)c6ccccc6)cccc5c34)cc2)cc1. The van der Waals surface area contributed by atoms with Crippen molar-refractivity contribution in [2.45, 2.75) is 0 Å². The summed E-state index contributed by atoms with van der Waals surface area (Å²) >= 11 is 1.84. The van der Waals surface area contributed by atoms with Gasteiger partial charge in [-0.15, -0.1) is 11.3 Å². The van der Waals surface area contributed by atoms with E-state index in [9.17, 15) is 0 Å². The molecule has 52 heavy (non-hydrogen) atoms. The van der Waals surface area contributed by atoms with Crippen LogP contribution in [0.5, 0.6) is 0 Å².